The number of likely N-dealkylation sites (tertiary alicyclic amines) is 1. The van der Waals surface area contributed by atoms with E-state index in [9.17, 15) is 4.79 Å². The molecule has 1 amide bonds. The molecule has 0 unspecified atom stereocenters. The zero-order valence-electron chi connectivity index (χ0n) is 16.8. The predicted molar refractivity (Wildman–Crippen MR) is 109 cm³/mol. The van der Waals surface area contributed by atoms with Crippen LogP contribution in [0.3, 0.4) is 0 Å². The normalized spacial score (nSPS) is 16.5. The number of hydrogen-bond donors (Lipinski definition) is 0. The third kappa shape index (κ3) is 3.24. The van der Waals surface area contributed by atoms with Gasteiger partial charge in [-0.05, 0) is 37.5 Å². The second-order valence-corrected chi connectivity index (χ2v) is 7.68. The van der Waals surface area contributed by atoms with Crippen LogP contribution >= 0.6 is 0 Å². The first-order valence-corrected chi connectivity index (χ1v) is 9.95. The highest BCUT2D eigenvalue weighted by molar-refractivity contribution is 5.89. The standard InChI is InChI=1S/C22H21N5O3/c1-13-4-5-17-16(12-29-19(17)14(13)2)10-18(28)27-9-6-15(11-27)22-25-21(26-30-22)20-23-7-3-8-24-20/h3-5,7-8,12,15H,6,9-11H2,1-2H3/t15-/m1/s1. The molecule has 1 aliphatic rings. The number of benzene rings is 1. The first kappa shape index (κ1) is 18.5. The van der Waals surface area contributed by atoms with Crippen molar-refractivity contribution in [1.82, 2.24) is 25.0 Å². The van der Waals surface area contributed by atoms with Crippen molar-refractivity contribution in [2.24, 2.45) is 0 Å². The molecule has 0 spiro atoms. The third-order valence-electron chi connectivity index (χ3n) is 5.78. The van der Waals surface area contributed by atoms with Gasteiger partial charge in [-0.3, -0.25) is 4.79 Å². The van der Waals surface area contributed by atoms with Gasteiger partial charge in [-0.1, -0.05) is 17.3 Å². The number of furan rings is 1. The number of fused-ring (bicyclic) bond motifs is 1. The quantitative estimate of drug-likeness (QED) is 0.515. The lowest BCUT2D eigenvalue weighted by Crippen LogP contribution is -2.29. The summed E-state index contributed by atoms with van der Waals surface area (Å²) in [5, 5.41) is 4.99. The van der Waals surface area contributed by atoms with Crippen molar-refractivity contribution in [2.45, 2.75) is 32.6 Å². The lowest BCUT2D eigenvalue weighted by atomic mass is 10.0. The van der Waals surface area contributed by atoms with Gasteiger partial charge < -0.3 is 13.8 Å². The van der Waals surface area contributed by atoms with Crippen LogP contribution in [0, 0.1) is 13.8 Å². The first-order valence-electron chi connectivity index (χ1n) is 9.95. The molecule has 3 aromatic heterocycles. The molecular weight excluding hydrogens is 382 g/mol. The number of carbonyl (C=O) groups excluding carboxylic acids is 1. The van der Waals surface area contributed by atoms with Crippen molar-refractivity contribution in [3.05, 3.63) is 59.4 Å². The maximum Gasteiger partial charge on any atom is 0.240 e. The highest BCUT2D eigenvalue weighted by Crippen LogP contribution is 2.30. The van der Waals surface area contributed by atoms with Gasteiger partial charge in [0.15, 0.2) is 0 Å². The fourth-order valence-electron chi connectivity index (χ4n) is 3.89. The third-order valence-corrected chi connectivity index (χ3v) is 5.78. The Labute approximate surface area is 172 Å². The van der Waals surface area contributed by atoms with E-state index in [1.54, 1.807) is 24.7 Å². The molecule has 1 atom stereocenters. The van der Waals surface area contributed by atoms with Gasteiger partial charge in [0.05, 0.1) is 18.6 Å². The molecule has 0 aliphatic carbocycles. The van der Waals surface area contributed by atoms with Crippen LogP contribution in [0.15, 0.2) is 45.8 Å². The molecule has 1 fully saturated rings. The number of rotatable bonds is 4. The summed E-state index contributed by atoms with van der Waals surface area (Å²) in [6, 6.07) is 5.83. The van der Waals surface area contributed by atoms with E-state index >= 15 is 0 Å². The fourth-order valence-corrected chi connectivity index (χ4v) is 3.89. The second kappa shape index (κ2) is 7.37. The predicted octanol–water partition coefficient (Wildman–Crippen LogP) is 3.45. The van der Waals surface area contributed by atoms with E-state index in [4.69, 9.17) is 8.94 Å². The van der Waals surface area contributed by atoms with Gasteiger partial charge in [-0.15, -0.1) is 0 Å². The number of amides is 1. The summed E-state index contributed by atoms with van der Waals surface area (Å²) in [6.07, 6.45) is 6.07. The molecule has 4 aromatic rings. The molecule has 1 aromatic carbocycles. The smallest absolute Gasteiger partial charge is 0.240 e. The van der Waals surface area contributed by atoms with E-state index in [-0.39, 0.29) is 11.8 Å². The molecule has 30 heavy (non-hydrogen) atoms. The Kier molecular flexibility index (Phi) is 4.54. The van der Waals surface area contributed by atoms with Crippen molar-refractivity contribution >= 4 is 16.9 Å². The van der Waals surface area contributed by atoms with E-state index in [1.165, 1.54) is 5.56 Å². The van der Waals surface area contributed by atoms with Crippen LogP contribution in [0.2, 0.25) is 0 Å². The minimum atomic E-state index is 0.0184. The lowest BCUT2D eigenvalue weighted by molar-refractivity contribution is -0.129. The Hall–Kier alpha value is -3.55. The molecular formula is C22H21N5O3. The Morgan fingerprint density at radius 1 is 1.20 bits per heavy atom. The minimum Gasteiger partial charge on any atom is -0.464 e. The molecule has 4 heterocycles. The summed E-state index contributed by atoms with van der Waals surface area (Å²) < 4.78 is 11.2. The van der Waals surface area contributed by atoms with Gasteiger partial charge in [0.2, 0.25) is 23.4 Å². The Bertz CT molecular complexity index is 1210. The van der Waals surface area contributed by atoms with Gasteiger partial charge >= 0.3 is 0 Å². The lowest BCUT2D eigenvalue weighted by Gasteiger charge is -2.15. The van der Waals surface area contributed by atoms with Crippen molar-refractivity contribution in [3.8, 4) is 11.6 Å². The van der Waals surface area contributed by atoms with E-state index in [0.29, 0.717) is 37.0 Å². The highest BCUT2D eigenvalue weighted by Gasteiger charge is 2.31. The molecule has 8 heteroatoms. The monoisotopic (exact) mass is 403 g/mol. The Morgan fingerprint density at radius 3 is 2.87 bits per heavy atom. The second-order valence-electron chi connectivity index (χ2n) is 7.68. The maximum atomic E-state index is 12.9. The highest BCUT2D eigenvalue weighted by atomic mass is 16.5. The number of aryl methyl sites for hydroxylation is 2. The van der Waals surface area contributed by atoms with Gasteiger partial charge in [0, 0.05) is 36.4 Å². The van der Waals surface area contributed by atoms with Gasteiger partial charge in [0.1, 0.15) is 5.58 Å². The van der Waals surface area contributed by atoms with Crippen molar-refractivity contribution in [2.75, 3.05) is 13.1 Å². The van der Waals surface area contributed by atoms with E-state index < -0.39 is 0 Å². The van der Waals surface area contributed by atoms with E-state index in [1.807, 2.05) is 17.9 Å². The first-order chi connectivity index (χ1) is 14.6. The van der Waals surface area contributed by atoms with Gasteiger partial charge in [-0.2, -0.15) is 4.98 Å². The van der Waals surface area contributed by atoms with Crippen LogP contribution in [0.1, 0.15) is 34.9 Å². The van der Waals surface area contributed by atoms with Crippen molar-refractivity contribution < 1.29 is 13.7 Å². The van der Waals surface area contributed by atoms with Crippen LogP contribution in [-0.4, -0.2) is 44.0 Å². The number of aromatic nitrogens is 4. The zero-order chi connectivity index (χ0) is 20.7. The maximum absolute atomic E-state index is 12.9. The summed E-state index contributed by atoms with van der Waals surface area (Å²) in [5.74, 6) is 1.41. The largest absolute Gasteiger partial charge is 0.464 e. The summed E-state index contributed by atoms with van der Waals surface area (Å²) in [4.78, 5) is 27.5. The number of nitrogens with zero attached hydrogens (tertiary/aromatic N) is 5. The molecule has 8 nitrogen and oxygen atoms in total. The van der Waals surface area contributed by atoms with Crippen LogP contribution < -0.4 is 0 Å². The average Bonchev–Trinajstić information content (AvgIpc) is 3.51. The molecule has 152 valence electrons. The van der Waals surface area contributed by atoms with Crippen LogP contribution in [-0.2, 0) is 11.2 Å². The van der Waals surface area contributed by atoms with Gasteiger partial charge in [-0.25, -0.2) is 9.97 Å². The van der Waals surface area contributed by atoms with E-state index in [0.717, 1.165) is 28.5 Å². The van der Waals surface area contributed by atoms with Crippen LogP contribution in [0.4, 0.5) is 0 Å². The van der Waals surface area contributed by atoms with Crippen molar-refractivity contribution in [3.63, 3.8) is 0 Å². The summed E-state index contributed by atoms with van der Waals surface area (Å²) in [7, 11) is 0. The molecule has 0 N–H and O–H groups in total. The van der Waals surface area contributed by atoms with Crippen LogP contribution in [0.25, 0.3) is 22.6 Å². The topological polar surface area (TPSA) is 98.2 Å². The number of carbonyl (C=O) groups is 1. The molecule has 1 aliphatic heterocycles. The fraction of sp³-hybridized carbons (Fsp3) is 0.318. The summed E-state index contributed by atoms with van der Waals surface area (Å²) in [5.41, 5.74) is 4.07. The number of hydrogen-bond acceptors (Lipinski definition) is 7. The Balaban J connectivity index is 1.28. The molecule has 1 saturated heterocycles. The van der Waals surface area contributed by atoms with E-state index in [2.05, 4.69) is 33.1 Å². The summed E-state index contributed by atoms with van der Waals surface area (Å²) >= 11 is 0. The average molecular weight is 403 g/mol. The molecule has 5 rings (SSSR count). The minimum absolute atomic E-state index is 0.0184. The van der Waals surface area contributed by atoms with Crippen LogP contribution in [0.5, 0.6) is 0 Å². The Morgan fingerprint density at radius 2 is 2.03 bits per heavy atom. The van der Waals surface area contributed by atoms with Crippen molar-refractivity contribution in [1.29, 1.82) is 0 Å². The van der Waals surface area contributed by atoms with Gasteiger partial charge in [0.25, 0.3) is 0 Å². The SMILES string of the molecule is Cc1ccc2c(CC(=O)N3CC[C@@H](c4nc(-c5ncccn5)no4)C3)coc2c1C. The summed E-state index contributed by atoms with van der Waals surface area (Å²) in [6.45, 7) is 5.32. The molecule has 0 radical (unpaired) electrons. The molecule has 0 bridgehead atoms. The molecule has 0 saturated carbocycles. The zero-order valence-corrected chi connectivity index (χ0v) is 16.8.